The molecule has 0 heterocycles. The van der Waals surface area contributed by atoms with Gasteiger partial charge in [0.15, 0.2) is 0 Å². The highest BCUT2D eigenvalue weighted by Gasteiger charge is 2.22. The molecule has 7 aromatic rings. The van der Waals surface area contributed by atoms with Crippen LogP contribution < -0.4 is 10.2 Å². The molecule has 0 saturated carbocycles. The number of nitrogens with zero attached hydrogens (tertiary/aromatic N) is 1. The zero-order valence-corrected chi connectivity index (χ0v) is 35.2. The second-order valence-electron chi connectivity index (χ2n) is 15.0. The van der Waals surface area contributed by atoms with Crippen LogP contribution in [0.2, 0.25) is 0 Å². The van der Waals surface area contributed by atoms with Crippen LogP contribution in [-0.2, 0) is 0 Å². The van der Waals surface area contributed by atoms with E-state index in [0.29, 0.717) is 0 Å². The minimum absolute atomic E-state index is 0.0193. The van der Waals surface area contributed by atoms with Crippen molar-refractivity contribution in [3.63, 3.8) is 0 Å². The minimum Gasteiger partial charge on any atom is -0.355 e. The van der Waals surface area contributed by atoms with Crippen molar-refractivity contribution in [1.82, 2.24) is 0 Å². The zero-order chi connectivity index (χ0) is 41.8. The Morgan fingerprint density at radius 1 is 0.508 bits per heavy atom. The first-order valence-electron chi connectivity index (χ1n) is 21.4. The van der Waals surface area contributed by atoms with Crippen LogP contribution in [0.1, 0.15) is 37.0 Å². The van der Waals surface area contributed by atoms with Gasteiger partial charge < -0.3 is 10.2 Å². The van der Waals surface area contributed by atoms with Crippen LogP contribution in [0, 0.1) is 6.92 Å². The molecule has 2 aliphatic rings. The van der Waals surface area contributed by atoms with E-state index in [0.717, 1.165) is 45.8 Å². The number of hydrogen-bond donors (Lipinski definition) is 1. The van der Waals surface area contributed by atoms with Crippen LogP contribution in [0.25, 0.3) is 44.5 Å². The number of para-hydroxylation sites is 1. The Kier molecular flexibility index (Phi) is 12.9. The Bertz CT molecular complexity index is 2690. The normalized spacial score (nSPS) is 14.3. The average Bonchev–Trinajstić information content (AvgIpc) is 3.74. The van der Waals surface area contributed by atoms with E-state index >= 15 is 0 Å². The number of allylic oxidation sites excluding steroid dienone is 9. The maximum absolute atomic E-state index is 3.91. The maximum Gasteiger partial charge on any atom is 0.0712 e. The Morgan fingerprint density at radius 3 is 1.74 bits per heavy atom. The number of nitrogens with one attached hydrogen (secondary N) is 1. The summed E-state index contributed by atoms with van der Waals surface area (Å²) in [6, 6.07) is 64.9. The van der Waals surface area contributed by atoms with Gasteiger partial charge in [-0.3, -0.25) is 0 Å². The summed E-state index contributed by atoms with van der Waals surface area (Å²) in [5.74, 6) is 0. The number of benzene rings is 7. The van der Waals surface area contributed by atoms with Crippen molar-refractivity contribution in [2.45, 2.75) is 33.2 Å². The third kappa shape index (κ3) is 9.57. The van der Waals surface area contributed by atoms with Gasteiger partial charge in [-0.1, -0.05) is 208 Å². The molecular formula is C59H52N2. The van der Waals surface area contributed by atoms with E-state index in [1.54, 1.807) is 0 Å². The Hall–Kier alpha value is -7.42. The lowest BCUT2D eigenvalue weighted by molar-refractivity contribution is 0.901. The van der Waals surface area contributed by atoms with Crippen molar-refractivity contribution in [3.8, 4) is 33.4 Å². The van der Waals surface area contributed by atoms with E-state index in [-0.39, 0.29) is 6.04 Å². The van der Waals surface area contributed by atoms with Gasteiger partial charge in [0.1, 0.15) is 0 Å². The van der Waals surface area contributed by atoms with E-state index < -0.39 is 0 Å². The number of aryl methyl sites for hydroxylation is 1. The van der Waals surface area contributed by atoms with Gasteiger partial charge in [-0.25, -0.2) is 0 Å². The summed E-state index contributed by atoms with van der Waals surface area (Å²) in [4.78, 5) is 2.47. The summed E-state index contributed by atoms with van der Waals surface area (Å²) in [7, 11) is 0. The van der Waals surface area contributed by atoms with Crippen LogP contribution >= 0.6 is 0 Å². The highest BCUT2D eigenvalue weighted by molar-refractivity contribution is 5.89. The van der Waals surface area contributed by atoms with Crippen molar-refractivity contribution in [1.29, 1.82) is 0 Å². The predicted molar refractivity (Wildman–Crippen MR) is 264 cm³/mol. The lowest BCUT2D eigenvalue weighted by Gasteiger charge is -2.32. The van der Waals surface area contributed by atoms with Gasteiger partial charge in [0, 0.05) is 28.3 Å². The Labute approximate surface area is 362 Å². The van der Waals surface area contributed by atoms with E-state index in [1.807, 2.05) is 13.8 Å². The van der Waals surface area contributed by atoms with Gasteiger partial charge in [0.25, 0.3) is 0 Å². The molecule has 61 heavy (non-hydrogen) atoms. The molecule has 0 radical (unpaired) electrons. The first kappa shape index (κ1) is 40.4. The largest absolute Gasteiger partial charge is 0.355 e. The number of rotatable bonds is 10. The summed E-state index contributed by atoms with van der Waals surface area (Å²) in [6.07, 6.45) is 21.5. The molecule has 0 fully saturated rings. The third-order valence-electron chi connectivity index (χ3n) is 11.0. The molecule has 0 saturated heterocycles. The van der Waals surface area contributed by atoms with Gasteiger partial charge in [0.2, 0.25) is 0 Å². The van der Waals surface area contributed by atoms with Crippen molar-refractivity contribution < 1.29 is 0 Å². The predicted octanol–water partition coefficient (Wildman–Crippen LogP) is 16.1. The van der Waals surface area contributed by atoms with E-state index in [1.165, 1.54) is 44.6 Å². The molecule has 0 amide bonds. The molecule has 0 bridgehead atoms. The van der Waals surface area contributed by atoms with Crippen LogP contribution in [0.5, 0.6) is 0 Å². The van der Waals surface area contributed by atoms with Gasteiger partial charge in [-0.2, -0.15) is 0 Å². The summed E-state index contributed by atoms with van der Waals surface area (Å²) in [6.45, 7) is 6.20. The highest BCUT2D eigenvalue weighted by Crippen LogP contribution is 2.38. The molecule has 2 heteroatoms. The second-order valence-corrected chi connectivity index (χ2v) is 15.0. The SMILES string of the molecule is CC.Cc1ccccc1N(C1=CC(c2ccccc2)=CCC=C1)C1C=CC=C(c2ccc(-c3ccccc3)c(Nc3cc(-c4ccccc4)cc(-c4ccccc4)c3)c2)C=C1. The quantitative estimate of drug-likeness (QED) is 0.148. The Balaban J connectivity index is 0.00000253. The molecule has 9 rings (SSSR count). The first-order chi connectivity index (χ1) is 30.2. The zero-order valence-electron chi connectivity index (χ0n) is 35.2. The fourth-order valence-electron chi connectivity index (χ4n) is 8.04. The lowest BCUT2D eigenvalue weighted by atomic mass is 9.96. The van der Waals surface area contributed by atoms with Crippen LogP contribution in [-0.4, -0.2) is 6.04 Å². The molecule has 298 valence electrons. The molecular weight excluding hydrogens is 737 g/mol. The lowest BCUT2D eigenvalue weighted by Crippen LogP contribution is -2.31. The minimum atomic E-state index is -0.0193. The van der Waals surface area contributed by atoms with Crippen LogP contribution in [0.4, 0.5) is 17.1 Å². The monoisotopic (exact) mass is 788 g/mol. The molecule has 1 N–H and O–H groups in total. The third-order valence-corrected chi connectivity index (χ3v) is 11.0. The van der Waals surface area contributed by atoms with Crippen molar-refractivity contribution in [3.05, 3.63) is 259 Å². The standard InChI is InChI=1S/C57H46N2.C2H6/c1-42-19-14-17-32-57(42)59(54-30-16-15-28-48(40-54)43-20-6-2-7-21-43)53-31-18-29-46(33-35-53)49-34-36-55(47-26-12-5-13-27-47)56(41-49)58-52-38-50(44-22-8-3-9-23-44)37-51(39-52)45-24-10-4-11-25-45;1-2/h2-14,16-41,53,58H,15H2,1H3;1-2H3. The summed E-state index contributed by atoms with van der Waals surface area (Å²) in [5.41, 5.74) is 17.4. The number of anilines is 3. The Morgan fingerprint density at radius 2 is 1.10 bits per heavy atom. The van der Waals surface area contributed by atoms with E-state index in [2.05, 4.69) is 254 Å². The molecule has 1 atom stereocenters. The average molecular weight is 789 g/mol. The maximum atomic E-state index is 3.91. The van der Waals surface area contributed by atoms with E-state index in [9.17, 15) is 0 Å². The van der Waals surface area contributed by atoms with E-state index in [4.69, 9.17) is 0 Å². The molecule has 0 aliphatic heterocycles. The molecule has 0 aromatic heterocycles. The fraction of sp³-hybridized carbons (Fsp3) is 0.0847. The molecule has 2 aliphatic carbocycles. The highest BCUT2D eigenvalue weighted by atomic mass is 15.2. The smallest absolute Gasteiger partial charge is 0.0712 e. The fourth-order valence-corrected chi connectivity index (χ4v) is 8.04. The molecule has 0 spiro atoms. The molecule has 2 nitrogen and oxygen atoms in total. The second kappa shape index (κ2) is 19.6. The first-order valence-corrected chi connectivity index (χ1v) is 21.4. The summed E-state index contributed by atoms with van der Waals surface area (Å²) < 4.78 is 0. The van der Waals surface area contributed by atoms with Gasteiger partial charge in [0.05, 0.1) is 6.04 Å². The summed E-state index contributed by atoms with van der Waals surface area (Å²) >= 11 is 0. The van der Waals surface area contributed by atoms with Gasteiger partial charge >= 0.3 is 0 Å². The van der Waals surface area contributed by atoms with Gasteiger partial charge in [-0.15, -0.1) is 0 Å². The molecule has 7 aromatic carbocycles. The van der Waals surface area contributed by atoms with Crippen LogP contribution in [0.15, 0.2) is 242 Å². The van der Waals surface area contributed by atoms with Crippen LogP contribution in [0.3, 0.4) is 0 Å². The van der Waals surface area contributed by atoms with Crippen molar-refractivity contribution in [2.75, 3.05) is 10.2 Å². The molecule has 1 unspecified atom stereocenters. The topological polar surface area (TPSA) is 15.3 Å². The number of hydrogen-bond acceptors (Lipinski definition) is 2. The summed E-state index contributed by atoms with van der Waals surface area (Å²) in [5, 5.41) is 3.91. The van der Waals surface area contributed by atoms with Crippen molar-refractivity contribution >= 4 is 28.2 Å². The van der Waals surface area contributed by atoms with Gasteiger partial charge in [-0.05, 0) is 111 Å². The van der Waals surface area contributed by atoms with Crippen molar-refractivity contribution in [2.24, 2.45) is 0 Å².